The lowest BCUT2D eigenvalue weighted by molar-refractivity contribution is -0.125. The van der Waals surface area contributed by atoms with Crippen LogP contribution in [0.1, 0.15) is 68.8 Å². The molecule has 22 heavy (non-hydrogen) atoms. The molecule has 120 valence electrons. The Labute approximate surface area is 132 Å². The summed E-state index contributed by atoms with van der Waals surface area (Å²) in [6, 6.07) is 4.88. The van der Waals surface area contributed by atoms with Gasteiger partial charge in [0, 0.05) is 12.1 Å². The second kappa shape index (κ2) is 8.66. The molecule has 4 nitrogen and oxygen atoms in total. The third-order valence-corrected chi connectivity index (χ3v) is 4.37. The number of unbranched alkanes of at least 4 members (excludes halogenated alkanes) is 2. The Balaban J connectivity index is 2.01. The largest absolute Gasteiger partial charge is 0.346 e. The fraction of sp³-hybridized carbons (Fsp3) is 0.611. The quantitative estimate of drug-likeness (QED) is 0.590. The SMILES string of the molecule is CCCCC[C@H](NC(=O)C1CCCC1)C(=O)c1ccccn1. The van der Waals surface area contributed by atoms with Crippen LogP contribution in [0.3, 0.4) is 0 Å². The molecule has 1 aliphatic carbocycles. The van der Waals surface area contributed by atoms with E-state index in [9.17, 15) is 9.59 Å². The van der Waals surface area contributed by atoms with E-state index in [-0.39, 0.29) is 17.6 Å². The van der Waals surface area contributed by atoms with E-state index in [0.717, 1.165) is 44.9 Å². The number of hydrogen-bond acceptors (Lipinski definition) is 3. The number of carbonyl (C=O) groups is 2. The smallest absolute Gasteiger partial charge is 0.223 e. The van der Waals surface area contributed by atoms with Crippen LogP contribution in [0.15, 0.2) is 24.4 Å². The van der Waals surface area contributed by atoms with Crippen LogP contribution in [0, 0.1) is 5.92 Å². The zero-order valence-electron chi connectivity index (χ0n) is 13.4. The van der Waals surface area contributed by atoms with E-state index in [2.05, 4.69) is 17.2 Å². The average molecular weight is 302 g/mol. The van der Waals surface area contributed by atoms with Crippen molar-refractivity contribution in [2.75, 3.05) is 0 Å². The van der Waals surface area contributed by atoms with Gasteiger partial charge in [-0.05, 0) is 31.4 Å². The summed E-state index contributed by atoms with van der Waals surface area (Å²) >= 11 is 0. The predicted octanol–water partition coefficient (Wildman–Crippen LogP) is 3.52. The number of carbonyl (C=O) groups excluding carboxylic acids is 2. The standard InChI is InChI=1S/C18H26N2O2/c1-2-3-4-12-16(17(21)15-11-7-8-13-19-15)20-18(22)14-9-5-6-10-14/h7-8,11,13-14,16H,2-6,9-10,12H2,1H3,(H,20,22)/t16-/m0/s1. The second-order valence-corrected chi connectivity index (χ2v) is 6.12. The van der Waals surface area contributed by atoms with Crippen LogP contribution < -0.4 is 5.32 Å². The summed E-state index contributed by atoms with van der Waals surface area (Å²) < 4.78 is 0. The first kappa shape index (κ1) is 16.7. The van der Waals surface area contributed by atoms with Crippen molar-refractivity contribution in [3.63, 3.8) is 0 Å². The number of Topliss-reactive ketones (excluding diaryl/α,β-unsaturated/α-hetero) is 1. The van der Waals surface area contributed by atoms with Crippen molar-refractivity contribution in [1.29, 1.82) is 0 Å². The van der Waals surface area contributed by atoms with Crippen molar-refractivity contribution in [2.24, 2.45) is 5.92 Å². The van der Waals surface area contributed by atoms with Crippen molar-refractivity contribution in [2.45, 2.75) is 64.3 Å². The molecule has 1 fully saturated rings. The summed E-state index contributed by atoms with van der Waals surface area (Å²) in [5, 5.41) is 2.99. The number of aromatic nitrogens is 1. The number of amides is 1. The minimum Gasteiger partial charge on any atom is -0.346 e. The van der Waals surface area contributed by atoms with Crippen LogP contribution in [0.5, 0.6) is 0 Å². The summed E-state index contributed by atoms with van der Waals surface area (Å²) in [6.45, 7) is 2.13. The third kappa shape index (κ3) is 4.65. The van der Waals surface area contributed by atoms with Gasteiger partial charge in [-0.25, -0.2) is 0 Å². The van der Waals surface area contributed by atoms with Gasteiger partial charge in [-0.2, -0.15) is 0 Å². The number of ketones is 1. The number of nitrogens with zero attached hydrogens (tertiary/aromatic N) is 1. The lowest BCUT2D eigenvalue weighted by Gasteiger charge is -2.19. The molecule has 2 rings (SSSR count). The monoisotopic (exact) mass is 302 g/mol. The molecule has 1 saturated carbocycles. The van der Waals surface area contributed by atoms with E-state index in [1.807, 2.05) is 6.07 Å². The Morgan fingerprint density at radius 2 is 2.05 bits per heavy atom. The van der Waals surface area contributed by atoms with Crippen LogP contribution in [-0.2, 0) is 4.79 Å². The molecule has 1 N–H and O–H groups in total. The van der Waals surface area contributed by atoms with Gasteiger partial charge in [-0.3, -0.25) is 14.6 Å². The Hall–Kier alpha value is -1.71. The van der Waals surface area contributed by atoms with Gasteiger partial charge < -0.3 is 5.32 Å². The van der Waals surface area contributed by atoms with E-state index in [1.165, 1.54) is 0 Å². The summed E-state index contributed by atoms with van der Waals surface area (Å²) in [5.74, 6) is 0.0662. The van der Waals surface area contributed by atoms with Crippen LogP contribution in [0.4, 0.5) is 0 Å². The Morgan fingerprint density at radius 1 is 1.27 bits per heavy atom. The van der Waals surface area contributed by atoms with E-state index < -0.39 is 6.04 Å². The van der Waals surface area contributed by atoms with Crippen LogP contribution in [0.2, 0.25) is 0 Å². The van der Waals surface area contributed by atoms with Gasteiger partial charge in [0.15, 0.2) is 0 Å². The molecule has 1 aromatic heterocycles. The van der Waals surface area contributed by atoms with Gasteiger partial charge in [-0.1, -0.05) is 45.1 Å². The first-order valence-electron chi connectivity index (χ1n) is 8.48. The number of hydrogen-bond donors (Lipinski definition) is 1. The highest BCUT2D eigenvalue weighted by Crippen LogP contribution is 2.25. The summed E-state index contributed by atoms with van der Waals surface area (Å²) in [7, 11) is 0. The minimum absolute atomic E-state index is 0.0447. The maximum Gasteiger partial charge on any atom is 0.223 e. The van der Waals surface area contributed by atoms with Crippen molar-refractivity contribution in [3.8, 4) is 0 Å². The molecule has 1 atom stereocenters. The third-order valence-electron chi connectivity index (χ3n) is 4.37. The van der Waals surface area contributed by atoms with Crippen LogP contribution in [-0.4, -0.2) is 22.7 Å². The fourth-order valence-electron chi connectivity index (χ4n) is 3.03. The van der Waals surface area contributed by atoms with Crippen molar-refractivity contribution in [1.82, 2.24) is 10.3 Å². The van der Waals surface area contributed by atoms with Crippen molar-refractivity contribution >= 4 is 11.7 Å². The fourth-order valence-corrected chi connectivity index (χ4v) is 3.03. The maximum absolute atomic E-state index is 12.6. The number of rotatable bonds is 8. The van der Waals surface area contributed by atoms with Crippen LogP contribution in [0.25, 0.3) is 0 Å². The van der Waals surface area contributed by atoms with Crippen molar-refractivity contribution < 1.29 is 9.59 Å². The topological polar surface area (TPSA) is 59.1 Å². The molecule has 0 spiro atoms. The zero-order chi connectivity index (χ0) is 15.8. The van der Waals surface area contributed by atoms with Gasteiger partial charge in [0.1, 0.15) is 5.69 Å². The van der Waals surface area contributed by atoms with Crippen molar-refractivity contribution in [3.05, 3.63) is 30.1 Å². The zero-order valence-corrected chi connectivity index (χ0v) is 13.4. The Morgan fingerprint density at radius 3 is 2.68 bits per heavy atom. The first-order chi connectivity index (χ1) is 10.7. The summed E-state index contributed by atoms with van der Waals surface area (Å²) in [5.41, 5.74) is 0.440. The molecule has 1 aliphatic rings. The molecule has 0 aliphatic heterocycles. The summed E-state index contributed by atoms with van der Waals surface area (Å²) in [6.07, 6.45) is 9.57. The van der Waals surface area contributed by atoms with Gasteiger partial charge in [-0.15, -0.1) is 0 Å². The van der Waals surface area contributed by atoms with E-state index in [1.54, 1.807) is 18.3 Å². The number of nitrogens with one attached hydrogen (secondary N) is 1. The average Bonchev–Trinajstić information content (AvgIpc) is 3.09. The predicted molar refractivity (Wildman–Crippen MR) is 86.6 cm³/mol. The molecule has 0 bridgehead atoms. The molecule has 0 saturated heterocycles. The van der Waals surface area contributed by atoms with E-state index in [0.29, 0.717) is 12.1 Å². The number of pyridine rings is 1. The molecule has 4 heteroatoms. The first-order valence-corrected chi connectivity index (χ1v) is 8.48. The van der Waals surface area contributed by atoms with E-state index >= 15 is 0 Å². The Kier molecular flexibility index (Phi) is 6.56. The normalized spacial score (nSPS) is 16.4. The highest BCUT2D eigenvalue weighted by atomic mass is 16.2. The molecule has 1 heterocycles. The maximum atomic E-state index is 12.6. The lowest BCUT2D eigenvalue weighted by Crippen LogP contribution is -2.43. The van der Waals surface area contributed by atoms with Crippen LogP contribution >= 0.6 is 0 Å². The molecule has 0 radical (unpaired) electrons. The highest BCUT2D eigenvalue weighted by Gasteiger charge is 2.28. The molecular formula is C18H26N2O2. The summed E-state index contributed by atoms with van der Waals surface area (Å²) in [4.78, 5) is 29.1. The lowest BCUT2D eigenvalue weighted by atomic mass is 10.00. The molecule has 1 aromatic rings. The van der Waals surface area contributed by atoms with Gasteiger partial charge in [0.05, 0.1) is 6.04 Å². The minimum atomic E-state index is -0.436. The molecule has 1 amide bonds. The molecule has 0 unspecified atom stereocenters. The van der Waals surface area contributed by atoms with Gasteiger partial charge in [0.25, 0.3) is 0 Å². The second-order valence-electron chi connectivity index (χ2n) is 6.12. The highest BCUT2D eigenvalue weighted by molar-refractivity contribution is 6.00. The molecule has 0 aromatic carbocycles. The van der Waals surface area contributed by atoms with E-state index in [4.69, 9.17) is 0 Å². The molecular weight excluding hydrogens is 276 g/mol. The van der Waals surface area contributed by atoms with Gasteiger partial charge >= 0.3 is 0 Å². The van der Waals surface area contributed by atoms with Gasteiger partial charge in [0.2, 0.25) is 11.7 Å². The Bertz CT molecular complexity index is 481.